The first-order chi connectivity index (χ1) is 20.5. The Morgan fingerprint density at radius 2 is 1.51 bits per heavy atom. The molecule has 3 aromatic rings. The molecule has 3 aromatic carbocycles. The van der Waals surface area contributed by atoms with E-state index in [4.69, 9.17) is 11.6 Å². The van der Waals surface area contributed by atoms with Crippen molar-refractivity contribution in [2.75, 3.05) is 10.8 Å². The van der Waals surface area contributed by atoms with Gasteiger partial charge in [-0.1, -0.05) is 91.4 Å². The first kappa shape index (κ1) is 32.6. The van der Waals surface area contributed by atoms with Crippen molar-refractivity contribution in [1.82, 2.24) is 10.2 Å². The van der Waals surface area contributed by atoms with E-state index in [9.17, 15) is 18.0 Å². The molecule has 1 aliphatic rings. The summed E-state index contributed by atoms with van der Waals surface area (Å²) in [6.07, 6.45) is 5.53. The standard InChI is InChI=1S/C34H42ClN3O4S/c1-5-31(34(40)36-28-10-7-6-8-11-28)37(22-27-18-14-24(2)15-19-27)33(39)23-38(32-13-9-12-30(35)26(32)4)43(41,42)29-20-16-25(3)17-21-29/h9,12-21,28,31H,5-8,10-11,22-23H2,1-4H3,(H,36,40)/t31-/m1/s1. The number of halogens is 1. The number of carbonyl (C=O) groups excluding carboxylic acids is 2. The normalized spacial score (nSPS) is 14.6. The Kier molecular flexibility index (Phi) is 10.9. The van der Waals surface area contributed by atoms with Gasteiger partial charge in [0.1, 0.15) is 12.6 Å². The molecular formula is C34H42ClN3O4S. The molecule has 7 nitrogen and oxygen atoms in total. The van der Waals surface area contributed by atoms with Crippen LogP contribution in [0.1, 0.15) is 67.7 Å². The number of amides is 2. The molecule has 0 bridgehead atoms. The van der Waals surface area contributed by atoms with E-state index in [1.807, 2.05) is 45.0 Å². The fourth-order valence-electron chi connectivity index (χ4n) is 5.57. The predicted octanol–water partition coefficient (Wildman–Crippen LogP) is 6.72. The SMILES string of the molecule is CC[C@H](C(=O)NC1CCCCC1)N(Cc1ccc(C)cc1)C(=O)CN(c1cccc(Cl)c1C)S(=O)(=O)c1ccc(C)cc1. The van der Waals surface area contributed by atoms with Gasteiger partial charge in [-0.3, -0.25) is 13.9 Å². The summed E-state index contributed by atoms with van der Waals surface area (Å²) in [5, 5.41) is 3.57. The molecule has 9 heteroatoms. The van der Waals surface area contributed by atoms with Crippen LogP contribution >= 0.6 is 11.6 Å². The monoisotopic (exact) mass is 623 g/mol. The van der Waals surface area contributed by atoms with Gasteiger partial charge in [-0.05, 0) is 75.4 Å². The van der Waals surface area contributed by atoms with E-state index < -0.39 is 28.5 Å². The number of hydrogen-bond donors (Lipinski definition) is 1. The van der Waals surface area contributed by atoms with E-state index >= 15 is 0 Å². The average molecular weight is 624 g/mol. The largest absolute Gasteiger partial charge is 0.352 e. The molecule has 0 aliphatic heterocycles. The van der Waals surface area contributed by atoms with Crippen LogP contribution in [0.4, 0.5) is 5.69 Å². The molecule has 230 valence electrons. The van der Waals surface area contributed by atoms with Crippen molar-refractivity contribution in [1.29, 1.82) is 0 Å². The molecule has 0 unspecified atom stereocenters. The summed E-state index contributed by atoms with van der Waals surface area (Å²) in [6.45, 7) is 7.16. The molecule has 43 heavy (non-hydrogen) atoms. The number of carbonyl (C=O) groups is 2. The van der Waals surface area contributed by atoms with Crippen LogP contribution in [0.15, 0.2) is 71.6 Å². The maximum Gasteiger partial charge on any atom is 0.264 e. The zero-order chi connectivity index (χ0) is 31.1. The zero-order valence-electron chi connectivity index (χ0n) is 25.5. The third kappa shape index (κ3) is 7.98. The van der Waals surface area contributed by atoms with Crippen LogP contribution in [-0.2, 0) is 26.2 Å². The van der Waals surface area contributed by atoms with Crippen molar-refractivity contribution >= 4 is 39.1 Å². The fourth-order valence-corrected chi connectivity index (χ4v) is 7.21. The summed E-state index contributed by atoms with van der Waals surface area (Å²) in [4.78, 5) is 29.6. The molecule has 0 radical (unpaired) electrons. The first-order valence-corrected chi connectivity index (χ1v) is 16.8. The van der Waals surface area contributed by atoms with E-state index in [2.05, 4.69) is 5.32 Å². The van der Waals surface area contributed by atoms with Gasteiger partial charge < -0.3 is 10.2 Å². The maximum atomic E-state index is 14.3. The predicted molar refractivity (Wildman–Crippen MR) is 173 cm³/mol. The van der Waals surface area contributed by atoms with Crippen LogP contribution in [0.5, 0.6) is 0 Å². The van der Waals surface area contributed by atoms with E-state index in [1.54, 1.807) is 49.4 Å². The average Bonchev–Trinajstić information content (AvgIpc) is 2.99. The summed E-state index contributed by atoms with van der Waals surface area (Å²) in [5.74, 6) is -0.678. The molecule has 0 saturated heterocycles. The highest BCUT2D eigenvalue weighted by molar-refractivity contribution is 7.92. The van der Waals surface area contributed by atoms with E-state index in [0.717, 1.165) is 53.1 Å². The van der Waals surface area contributed by atoms with Gasteiger partial charge >= 0.3 is 0 Å². The highest BCUT2D eigenvalue weighted by atomic mass is 35.5. The Morgan fingerprint density at radius 3 is 2.12 bits per heavy atom. The number of benzene rings is 3. The molecule has 1 atom stereocenters. The van der Waals surface area contributed by atoms with E-state index in [-0.39, 0.29) is 23.4 Å². The summed E-state index contributed by atoms with van der Waals surface area (Å²) < 4.78 is 29.4. The number of nitrogens with one attached hydrogen (secondary N) is 1. The second-order valence-electron chi connectivity index (χ2n) is 11.5. The van der Waals surface area contributed by atoms with Crippen LogP contribution in [0.3, 0.4) is 0 Å². The van der Waals surface area contributed by atoms with Crippen molar-refractivity contribution in [3.63, 3.8) is 0 Å². The third-order valence-electron chi connectivity index (χ3n) is 8.21. The number of anilines is 1. The van der Waals surface area contributed by atoms with Gasteiger partial charge in [0.05, 0.1) is 10.6 Å². The first-order valence-electron chi connectivity index (χ1n) is 15.0. The van der Waals surface area contributed by atoms with Gasteiger partial charge in [0.15, 0.2) is 0 Å². The molecule has 1 fully saturated rings. The van der Waals surface area contributed by atoms with E-state index in [1.165, 1.54) is 4.90 Å². The second-order valence-corrected chi connectivity index (χ2v) is 13.8. The zero-order valence-corrected chi connectivity index (χ0v) is 27.0. The highest BCUT2D eigenvalue weighted by Gasteiger charge is 2.35. The summed E-state index contributed by atoms with van der Waals surface area (Å²) in [6, 6.07) is 18.7. The Hall–Kier alpha value is -3.36. The summed E-state index contributed by atoms with van der Waals surface area (Å²) >= 11 is 6.43. The van der Waals surface area contributed by atoms with Crippen molar-refractivity contribution < 1.29 is 18.0 Å². The Balaban J connectivity index is 1.73. The van der Waals surface area contributed by atoms with Crippen LogP contribution in [0, 0.1) is 20.8 Å². The van der Waals surface area contributed by atoms with Crippen LogP contribution in [-0.4, -0.2) is 43.8 Å². The minimum atomic E-state index is -4.17. The molecular weight excluding hydrogens is 582 g/mol. The van der Waals surface area contributed by atoms with Crippen molar-refractivity contribution in [2.24, 2.45) is 0 Å². The lowest BCUT2D eigenvalue weighted by molar-refractivity contribution is -0.140. The summed E-state index contributed by atoms with van der Waals surface area (Å²) in [5.41, 5.74) is 3.71. The van der Waals surface area contributed by atoms with Gasteiger partial charge in [-0.15, -0.1) is 0 Å². The lowest BCUT2D eigenvalue weighted by Crippen LogP contribution is -2.54. The second kappa shape index (κ2) is 14.4. The molecule has 0 aromatic heterocycles. The van der Waals surface area contributed by atoms with Crippen molar-refractivity contribution in [3.8, 4) is 0 Å². The maximum absolute atomic E-state index is 14.3. The summed E-state index contributed by atoms with van der Waals surface area (Å²) in [7, 11) is -4.17. The number of rotatable bonds is 11. The van der Waals surface area contributed by atoms with Crippen LogP contribution in [0.25, 0.3) is 0 Å². The molecule has 1 N–H and O–H groups in total. The number of hydrogen-bond acceptors (Lipinski definition) is 4. The number of sulfonamides is 1. The Morgan fingerprint density at radius 1 is 0.907 bits per heavy atom. The van der Waals surface area contributed by atoms with Gasteiger partial charge in [-0.25, -0.2) is 8.42 Å². The number of aryl methyl sites for hydroxylation is 2. The minimum Gasteiger partial charge on any atom is -0.352 e. The Labute approximate surface area is 261 Å². The third-order valence-corrected chi connectivity index (χ3v) is 10.4. The lowest BCUT2D eigenvalue weighted by atomic mass is 9.95. The van der Waals surface area contributed by atoms with E-state index in [0.29, 0.717) is 22.7 Å². The molecule has 0 spiro atoms. The molecule has 2 amide bonds. The van der Waals surface area contributed by atoms with Crippen LogP contribution < -0.4 is 9.62 Å². The smallest absolute Gasteiger partial charge is 0.264 e. The van der Waals surface area contributed by atoms with Gasteiger partial charge in [0.2, 0.25) is 11.8 Å². The highest BCUT2D eigenvalue weighted by Crippen LogP contribution is 2.31. The van der Waals surface area contributed by atoms with Crippen LogP contribution in [0.2, 0.25) is 5.02 Å². The Bertz CT molecular complexity index is 1520. The molecule has 4 rings (SSSR count). The molecule has 0 heterocycles. The lowest BCUT2D eigenvalue weighted by Gasteiger charge is -2.35. The van der Waals surface area contributed by atoms with Crippen molar-refractivity contribution in [2.45, 2.75) is 89.7 Å². The number of nitrogens with zero attached hydrogens (tertiary/aromatic N) is 2. The van der Waals surface area contributed by atoms with Gasteiger partial charge in [0, 0.05) is 17.6 Å². The minimum absolute atomic E-state index is 0.0671. The van der Waals surface area contributed by atoms with Crippen molar-refractivity contribution in [3.05, 3.63) is 94.0 Å². The molecule has 1 saturated carbocycles. The quantitative estimate of drug-likeness (QED) is 0.257. The topological polar surface area (TPSA) is 86.8 Å². The van der Waals surface area contributed by atoms with Gasteiger partial charge in [-0.2, -0.15) is 0 Å². The molecule has 1 aliphatic carbocycles. The van der Waals surface area contributed by atoms with Gasteiger partial charge in [0.25, 0.3) is 10.0 Å². The fraction of sp³-hybridized carbons (Fsp3) is 0.412.